The Hall–Kier alpha value is -1.48. The number of benzene rings is 2. The van der Waals surface area contributed by atoms with Crippen LogP contribution in [0, 0.1) is 0 Å². The molecule has 0 atom stereocenters. The summed E-state index contributed by atoms with van der Waals surface area (Å²) in [6, 6.07) is 4.03. The molecule has 0 aliphatic carbocycles. The zero-order chi connectivity index (χ0) is 20.6. The molecule has 27 heavy (non-hydrogen) atoms. The lowest BCUT2D eigenvalue weighted by Gasteiger charge is -2.21. The normalized spacial score (nSPS) is 12.9. The minimum absolute atomic E-state index is 0.149. The average molecular weight is 415 g/mol. The van der Waals surface area contributed by atoms with Crippen LogP contribution in [0.25, 0.3) is 10.8 Å². The summed E-state index contributed by atoms with van der Waals surface area (Å²) in [4.78, 5) is -0.483. The molecule has 2 rings (SSSR count). The van der Waals surface area contributed by atoms with Gasteiger partial charge in [0.05, 0.1) is 9.79 Å². The summed E-state index contributed by atoms with van der Waals surface area (Å²) in [6.07, 6.45) is 2.69. The van der Waals surface area contributed by atoms with Crippen molar-refractivity contribution in [2.24, 2.45) is 0 Å². The van der Waals surface area contributed by atoms with E-state index in [9.17, 15) is 25.9 Å². The van der Waals surface area contributed by atoms with Crippen molar-refractivity contribution in [3.8, 4) is 0 Å². The monoisotopic (exact) mass is 414 g/mol. The first kappa shape index (κ1) is 21.8. The number of hydrogen-bond donors (Lipinski definition) is 2. The SMILES string of the molecule is CCCc1cc(S(=O)(=O)O)cc2cc(S(=O)(=O)O)c(C(C)C)c(CCC)c12. The summed E-state index contributed by atoms with van der Waals surface area (Å²) in [5, 5.41) is 1.19. The van der Waals surface area contributed by atoms with Crippen molar-refractivity contribution in [3.63, 3.8) is 0 Å². The van der Waals surface area contributed by atoms with Gasteiger partial charge in [0.15, 0.2) is 0 Å². The maximum atomic E-state index is 12.0. The first-order chi connectivity index (χ1) is 12.4. The summed E-state index contributed by atoms with van der Waals surface area (Å²) < 4.78 is 66.7. The standard InChI is InChI=1S/C19H26O6S2/c1-5-7-13-9-15(26(20,21)22)10-14-11-17(27(23,24)25)18(12(3)4)16(8-6-2)19(13)14/h9-12H,5-8H2,1-4H3,(H,20,21,22)(H,23,24,25). The molecular weight excluding hydrogens is 388 g/mol. The van der Waals surface area contributed by atoms with Crippen LogP contribution in [-0.4, -0.2) is 25.9 Å². The first-order valence-electron chi connectivity index (χ1n) is 8.99. The summed E-state index contributed by atoms with van der Waals surface area (Å²) in [7, 11) is -8.94. The van der Waals surface area contributed by atoms with E-state index in [1.807, 2.05) is 27.7 Å². The topological polar surface area (TPSA) is 109 Å². The van der Waals surface area contributed by atoms with E-state index < -0.39 is 20.2 Å². The van der Waals surface area contributed by atoms with Gasteiger partial charge < -0.3 is 0 Å². The second-order valence-electron chi connectivity index (χ2n) is 7.05. The van der Waals surface area contributed by atoms with Gasteiger partial charge in [-0.15, -0.1) is 0 Å². The Balaban J connectivity index is 3.14. The summed E-state index contributed by atoms with van der Waals surface area (Å²) in [6.45, 7) is 7.66. The molecule has 0 amide bonds. The molecule has 0 aromatic heterocycles. The quantitative estimate of drug-likeness (QED) is 0.652. The van der Waals surface area contributed by atoms with Crippen molar-refractivity contribution in [2.45, 2.75) is 69.1 Å². The van der Waals surface area contributed by atoms with Gasteiger partial charge >= 0.3 is 0 Å². The molecule has 2 N–H and O–H groups in total. The van der Waals surface area contributed by atoms with Crippen molar-refractivity contribution >= 4 is 31.0 Å². The third-order valence-corrected chi connectivity index (χ3v) is 6.30. The van der Waals surface area contributed by atoms with Gasteiger partial charge in [0.25, 0.3) is 20.2 Å². The lowest BCUT2D eigenvalue weighted by atomic mass is 9.87. The summed E-state index contributed by atoms with van der Waals surface area (Å²) in [5.74, 6) is -0.149. The Labute approximate surface area is 161 Å². The van der Waals surface area contributed by atoms with Crippen LogP contribution < -0.4 is 0 Å². The highest BCUT2D eigenvalue weighted by Gasteiger charge is 2.25. The molecule has 0 aliphatic rings. The molecule has 2 aromatic carbocycles. The molecular formula is C19H26O6S2. The average Bonchev–Trinajstić information content (AvgIpc) is 2.52. The fourth-order valence-corrected chi connectivity index (χ4v) is 5.13. The number of aryl methyl sites for hydroxylation is 2. The van der Waals surface area contributed by atoms with Crippen molar-refractivity contribution in [2.75, 3.05) is 0 Å². The van der Waals surface area contributed by atoms with Crippen LogP contribution in [0.5, 0.6) is 0 Å². The molecule has 0 fully saturated rings. The molecule has 0 saturated heterocycles. The zero-order valence-corrected chi connectivity index (χ0v) is 17.6. The zero-order valence-electron chi connectivity index (χ0n) is 16.0. The molecule has 6 nitrogen and oxygen atoms in total. The first-order valence-corrected chi connectivity index (χ1v) is 11.9. The Kier molecular flexibility index (Phi) is 6.36. The highest BCUT2D eigenvalue weighted by molar-refractivity contribution is 7.86. The highest BCUT2D eigenvalue weighted by atomic mass is 32.2. The van der Waals surface area contributed by atoms with Crippen LogP contribution >= 0.6 is 0 Å². The Bertz CT molecular complexity index is 1070. The Morgan fingerprint density at radius 1 is 0.889 bits per heavy atom. The van der Waals surface area contributed by atoms with Gasteiger partial charge in [-0.1, -0.05) is 40.5 Å². The van der Waals surface area contributed by atoms with Crippen molar-refractivity contribution in [1.82, 2.24) is 0 Å². The lowest BCUT2D eigenvalue weighted by molar-refractivity contribution is 0.480. The highest BCUT2D eigenvalue weighted by Crippen LogP contribution is 2.38. The lowest BCUT2D eigenvalue weighted by Crippen LogP contribution is -2.10. The van der Waals surface area contributed by atoms with E-state index in [4.69, 9.17) is 0 Å². The van der Waals surface area contributed by atoms with E-state index in [1.54, 1.807) is 0 Å². The Morgan fingerprint density at radius 3 is 1.93 bits per heavy atom. The molecule has 0 heterocycles. The molecule has 0 aliphatic heterocycles. The van der Waals surface area contributed by atoms with Crippen LogP contribution in [0.1, 0.15) is 63.1 Å². The van der Waals surface area contributed by atoms with Gasteiger partial charge in [0.2, 0.25) is 0 Å². The molecule has 0 spiro atoms. The third-order valence-electron chi connectivity index (χ3n) is 4.58. The number of hydrogen-bond acceptors (Lipinski definition) is 4. The minimum Gasteiger partial charge on any atom is -0.282 e. The van der Waals surface area contributed by atoms with E-state index in [0.717, 1.165) is 29.4 Å². The van der Waals surface area contributed by atoms with Gasteiger partial charge in [0, 0.05) is 0 Å². The second kappa shape index (κ2) is 7.87. The van der Waals surface area contributed by atoms with E-state index in [1.165, 1.54) is 18.2 Å². The summed E-state index contributed by atoms with van der Waals surface area (Å²) in [5.41, 5.74) is 2.11. The fraction of sp³-hybridized carbons (Fsp3) is 0.474. The van der Waals surface area contributed by atoms with Gasteiger partial charge in [-0.3, -0.25) is 9.11 Å². The van der Waals surface area contributed by atoms with Gasteiger partial charge in [-0.05, 0) is 64.4 Å². The molecule has 2 aromatic rings. The van der Waals surface area contributed by atoms with Crippen LogP contribution in [0.2, 0.25) is 0 Å². The van der Waals surface area contributed by atoms with Crippen molar-refractivity contribution in [1.29, 1.82) is 0 Å². The predicted molar refractivity (Wildman–Crippen MR) is 106 cm³/mol. The van der Waals surface area contributed by atoms with E-state index in [-0.39, 0.29) is 15.7 Å². The van der Waals surface area contributed by atoms with Crippen molar-refractivity contribution in [3.05, 3.63) is 34.9 Å². The van der Waals surface area contributed by atoms with Crippen LogP contribution in [-0.2, 0) is 33.1 Å². The van der Waals surface area contributed by atoms with Gasteiger partial charge in [0.1, 0.15) is 0 Å². The maximum absolute atomic E-state index is 12.0. The smallest absolute Gasteiger partial charge is 0.282 e. The van der Waals surface area contributed by atoms with E-state index in [2.05, 4.69) is 0 Å². The van der Waals surface area contributed by atoms with E-state index in [0.29, 0.717) is 23.8 Å². The van der Waals surface area contributed by atoms with Crippen LogP contribution in [0.15, 0.2) is 28.0 Å². The largest absolute Gasteiger partial charge is 0.294 e. The number of fused-ring (bicyclic) bond motifs is 1. The van der Waals surface area contributed by atoms with E-state index >= 15 is 0 Å². The van der Waals surface area contributed by atoms with Gasteiger partial charge in [-0.2, -0.15) is 16.8 Å². The second-order valence-corrected chi connectivity index (χ2v) is 9.86. The molecule has 0 unspecified atom stereocenters. The molecule has 8 heteroatoms. The number of rotatable bonds is 7. The molecule has 0 radical (unpaired) electrons. The Morgan fingerprint density at radius 2 is 1.48 bits per heavy atom. The minimum atomic E-state index is -4.50. The molecule has 150 valence electrons. The summed E-state index contributed by atoms with van der Waals surface area (Å²) >= 11 is 0. The fourth-order valence-electron chi connectivity index (χ4n) is 3.65. The molecule has 0 saturated carbocycles. The third kappa shape index (κ3) is 4.51. The predicted octanol–water partition coefficient (Wildman–Crippen LogP) is 4.36. The van der Waals surface area contributed by atoms with Crippen LogP contribution in [0.3, 0.4) is 0 Å². The van der Waals surface area contributed by atoms with Crippen molar-refractivity contribution < 1.29 is 25.9 Å². The maximum Gasteiger partial charge on any atom is 0.294 e. The van der Waals surface area contributed by atoms with Gasteiger partial charge in [-0.25, -0.2) is 0 Å². The van der Waals surface area contributed by atoms with Crippen LogP contribution in [0.4, 0.5) is 0 Å². The molecule has 0 bridgehead atoms.